The minimum absolute atomic E-state index is 0.00843. The lowest BCUT2D eigenvalue weighted by Gasteiger charge is -2.41. The number of nitrogens with one attached hydrogen (secondary N) is 1. The molecule has 0 amide bonds. The first kappa shape index (κ1) is 16.6. The number of H-pyrrole nitrogens is 1. The zero-order chi connectivity index (χ0) is 17.2. The molecule has 0 saturated carbocycles. The molecule has 0 unspecified atom stereocenters. The highest BCUT2D eigenvalue weighted by Crippen LogP contribution is 2.30. The molecule has 1 aromatic carbocycles. The van der Waals surface area contributed by atoms with E-state index in [0.717, 1.165) is 44.5 Å². The average molecular weight is 349 g/mol. The van der Waals surface area contributed by atoms with E-state index in [9.17, 15) is 8.78 Å². The van der Waals surface area contributed by atoms with Gasteiger partial charge in [-0.2, -0.15) is 0 Å². The van der Waals surface area contributed by atoms with Gasteiger partial charge in [0.05, 0.1) is 31.1 Å². The SMILES string of the molecule is Fc1ccc(-c2cnc([C@@H]3COCCN3C3CCOCC3)[nH]2)c(F)c1. The Hall–Kier alpha value is -1.83. The summed E-state index contributed by atoms with van der Waals surface area (Å²) in [4.78, 5) is 10.1. The van der Waals surface area contributed by atoms with Gasteiger partial charge in [0.25, 0.3) is 0 Å². The smallest absolute Gasteiger partial charge is 0.135 e. The van der Waals surface area contributed by atoms with Crippen LogP contribution in [0.15, 0.2) is 24.4 Å². The van der Waals surface area contributed by atoms with Crippen molar-refractivity contribution in [2.24, 2.45) is 0 Å². The third-order valence-electron chi connectivity index (χ3n) is 4.96. The van der Waals surface area contributed by atoms with Crippen LogP contribution in [0.5, 0.6) is 0 Å². The maximum atomic E-state index is 14.0. The molecular weight excluding hydrogens is 328 g/mol. The summed E-state index contributed by atoms with van der Waals surface area (Å²) in [6.45, 7) is 3.65. The van der Waals surface area contributed by atoms with Crippen molar-refractivity contribution < 1.29 is 18.3 Å². The van der Waals surface area contributed by atoms with Gasteiger partial charge >= 0.3 is 0 Å². The molecule has 7 heteroatoms. The number of aromatic nitrogens is 2. The van der Waals surface area contributed by atoms with Crippen LogP contribution in [0.1, 0.15) is 24.7 Å². The van der Waals surface area contributed by atoms with E-state index in [4.69, 9.17) is 9.47 Å². The van der Waals surface area contributed by atoms with Gasteiger partial charge in [0.15, 0.2) is 0 Å². The first-order valence-electron chi connectivity index (χ1n) is 8.64. The zero-order valence-corrected chi connectivity index (χ0v) is 13.9. The van der Waals surface area contributed by atoms with E-state index < -0.39 is 11.6 Å². The van der Waals surface area contributed by atoms with Crippen molar-refractivity contribution in [1.29, 1.82) is 0 Å². The van der Waals surface area contributed by atoms with Gasteiger partial charge in [0.1, 0.15) is 17.5 Å². The number of halogens is 2. The first-order chi connectivity index (χ1) is 12.2. The van der Waals surface area contributed by atoms with Gasteiger partial charge in [-0.15, -0.1) is 0 Å². The van der Waals surface area contributed by atoms with Crippen molar-refractivity contribution in [3.8, 4) is 11.3 Å². The number of hydrogen-bond acceptors (Lipinski definition) is 4. The van der Waals surface area contributed by atoms with Gasteiger partial charge in [-0.25, -0.2) is 13.8 Å². The third-order valence-corrected chi connectivity index (χ3v) is 4.96. The number of ether oxygens (including phenoxy) is 2. The fraction of sp³-hybridized carbons (Fsp3) is 0.500. The molecule has 4 rings (SSSR count). The van der Waals surface area contributed by atoms with Gasteiger partial charge in [-0.3, -0.25) is 4.90 Å². The predicted octanol–water partition coefficient (Wildman–Crippen LogP) is 2.91. The Morgan fingerprint density at radius 3 is 2.76 bits per heavy atom. The minimum atomic E-state index is -0.601. The maximum Gasteiger partial charge on any atom is 0.135 e. The van der Waals surface area contributed by atoms with E-state index in [0.29, 0.717) is 30.5 Å². The van der Waals surface area contributed by atoms with Gasteiger partial charge in [-0.1, -0.05) is 0 Å². The Kier molecular flexibility index (Phi) is 4.78. The molecule has 2 aliphatic rings. The van der Waals surface area contributed by atoms with Crippen LogP contribution >= 0.6 is 0 Å². The lowest BCUT2D eigenvalue weighted by molar-refractivity contribution is -0.0589. The fourth-order valence-electron chi connectivity index (χ4n) is 3.66. The summed E-state index contributed by atoms with van der Waals surface area (Å²) in [7, 11) is 0. The molecule has 0 spiro atoms. The van der Waals surface area contributed by atoms with E-state index in [1.807, 2.05) is 0 Å². The number of nitrogens with zero attached hydrogens (tertiary/aromatic N) is 2. The number of morpholine rings is 1. The number of benzene rings is 1. The van der Waals surface area contributed by atoms with Crippen LogP contribution in [-0.4, -0.2) is 53.9 Å². The van der Waals surface area contributed by atoms with Crippen LogP contribution in [0.3, 0.4) is 0 Å². The number of hydrogen-bond donors (Lipinski definition) is 1. The predicted molar refractivity (Wildman–Crippen MR) is 88.0 cm³/mol. The van der Waals surface area contributed by atoms with Gasteiger partial charge < -0.3 is 14.5 Å². The molecule has 3 heterocycles. The molecule has 2 aromatic rings. The topological polar surface area (TPSA) is 50.4 Å². The molecule has 1 aromatic heterocycles. The molecule has 1 N–H and O–H groups in total. The molecular formula is C18H21F2N3O2. The Morgan fingerprint density at radius 1 is 1.12 bits per heavy atom. The van der Waals surface area contributed by atoms with Crippen LogP contribution in [0.4, 0.5) is 8.78 Å². The van der Waals surface area contributed by atoms with Crippen molar-refractivity contribution >= 4 is 0 Å². The lowest BCUT2D eigenvalue weighted by Crippen LogP contribution is -2.48. The molecule has 2 aliphatic heterocycles. The second kappa shape index (κ2) is 7.19. The van der Waals surface area contributed by atoms with Crippen molar-refractivity contribution in [1.82, 2.24) is 14.9 Å². The highest BCUT2D eigenvalue weighted by Gasteiger charge is 2.33. The zero-order valence-electron chi connectivity index (χ0n) is 13.9. The van der Waals surface area contributed by atoms with Crippen molar-refractivity contribution in [3.63, 3.8) is 0 Å². The van der Waals surface area contributed by atoms with E-state index in [2.05, 4.69) is 14.9 Å². The maximum absolute atomic E-state index is 14.0. The normalized spacial score (nSPS) is 23.0. The molecule has 2 fully saturated rings. The third kappa shape index (κ3) is 3.44. The summed E-state index contributed by atoms with van der Waals surface area (Å²) < 4.78 is 38.3. The number of rotatable bonds is 3. The number of aromatic amines is 1. The van der Waals surface area contributed by atoms with E-state index in [1.54, 1.807) is 6.20 Å². The largest absolute Gasteiger partial charge is 0.381 e. The van der Waals surface area contributed by atoms with E-state index in [-0.39, 0.29) is 6.04 Å². The van der Waals surface area contributed by atoms with Crippen LogP contribution in [0.25, 0.3) is 11.3 Å². The highest BCUT2D eigenvalue weighted by molar-refractivity contribution is 5.59. The van der Waals surface area contributed by atoms with Crippen LogP contribution in [0, 0.1) is 11.6 Å². The Balaban J connectivity index is 1.58. The quantitative estimate of drug-likeness (QED) is 0.926. The van der Waals surface area contributed by atoms with Crippen molar-refractivity contribution in [2.75, 3.05) is 33.0 Å². The standard InChI is InChI=1S/C18H21F2N3O2/c19-12-1-2-14(15(20)9-12)16-10-21-18(22-16)17-11-25-8-5-23(17)13-3-6-24-7-4-13/h1-2,9-10,13,17H,3-8,11H2,(H,21,22)/t17-/m0/s1. The summed E-state index contributed by atoms with van der Waals surface area (Å²) in [6, 6.07) is 4.01. The highest BCUT2D eigenvalue weighted by atomic mass is 19.1. The summed E-state index contributed by atoms with van der Waals surface area (Å²) in [6.07, 6.45) is 3.59. The molecule has 2 saturated heterocycles. The molecule has 25 heavy (non-hydrogen) atoms. The number of imidazole rings is 1. The Morgan fingerprint density at radius 2 is 1.96 bits per heavy atom. The first-order valence-corrected chi connectivity index (χ1v) is 8.64. The van der Waals surface area contributed by atoms with Crippen LogP contribution in [-0.2, 0) is 9.47 Å². The fourth-order valence-corrected chi connectivity index (χ4v) is 3.66. The Labute approximate surface area is 145 Å². The van der Waals surface area contributed by atoms with Gasteiger partial charge in [0.2, 0.25) is 0 Å². The van der Waals surface area contributed by atoms with Crippen molar-refractivity contribution in [3.05, 3.63) is 41.9 Å². The van der Waals surface area contributed by atoms with Crippen molar-refractivity contribution in [2.45, 2.75) is 24.9 Å². The monoisotopic (exact) mass is 349 g/mol. The molecule has 0 radical (unpaired) electrons. The Bertz CT molecular complexity index is 731. The summed E-state index contributed by atoms with van der Waals surface area (Å²) in [5.41, 5.74) is 0.861. The van der Waals surface area contributed by atoms with Gasteiger partial charge in [0, 0.05) is 37.4 Å². The summed E-state index contributed by atoms with van der Waals surface area (Å²) in [5.74, 6) is -0.436. The summed E-state index contributed by atoms with van der Waals surface area (Å²) >= 11 is 0. The minimum Gasteiger partial charge on any atom is -0.381 e. The molecule has 0 bridgehead atoms. The average Bonchev–Trinajstić information content (AvgIpc) is 3.12. The molecule has 1 atom stereocenters. The molecule has 134 valence electrons. The molecule has 5 nitrogen and oxygen atoms in total. The van der Waals surface area contributed by atoms with Gasteiger partial charge in [-0.05, 0) is 25.0 Å². The lowest BCUT2D eigenvalue weighted by atomic mass is 10.0. The van der Waals surface area contributed by atoms with Crippen LogP contribution < -0.4 is 0 Å². The second-order valence-corrected chi connectivity index (χ2v) is 6.48. The molecule has 0 aliphatic carbocycles. The van der Waals surface area contributed by atoms with Crippen LogP contribution in [0.2, 0.25) is 0 Å². The van der Waals surface area contributed by atoms with E-state index in [1.165, 1.54) is 12.1 Å². The summed E-state index contributed by atoms with van der Waals surface area (Å²) in [5, 5.41) is 0. The second-order valence-electron chi connectivity index (χ2n) is 6.48. The van der Waals surface area contributed by atoms with E-state index >= 15 is 0 Å².